The molecule has 1 heterocycles. The zero-order valence-electron chi connectivity index (χ0n) is 9.21. The monoisotopic (exact) mass is 228 g/mol. The average Bonchev–Trinajstić information content (AvgIpc) is 2.39. The van der Waals surface area contributed by atoms with Gasteiger partial charge in [0.15, 0.2) is 5.78 Å². The quantitative estimate of drug-likeness (QED) is 0.693. The Morgan fingerprint density at radius 2 is 1.88 bits per heavy atom. The van der Waals surface area contributed by atoms with Crippen molar-refractivity contribution < 1.29 is 14.6 Å². The highest BCUT2D eigenvalue weighted by Gasteiger charge is 2.28. The zero-order valence-corrected chi connectivity index (χ0v) is 9.21. The molecule has 3 heteroatoms. The molecule has 1 aliphatic carbocycles. The molecule has 0 bridgehead atoms. The summed E-state index contributed by atoms with van der Waals surface area (Å²) in [7, 11) is 0. The first-order valence-electron chi connectivity index (χ1n) is 5.62. The van der Waals surface area contributed by atoms with Crippen LogP contribution >= 0.6 is 0 Å². The van der Waals surface area contributed by atoms with E-state index >= 15 is 0 Å². The van der Waals surface area contributed by atoms with Crippen LogP contribution in [0, 0.1) is 0 Å². The van der Waals surface area contributed by atoms with Gasteiger partial charge in [0.1, 0.15) is 12.2 Å². The second kappa shape index (κ2) is 4.28. The van der Waals surface area contributed by atoms with Crippen LogP contribution < -0.4 is 0 Å². The van der Waals surface area contributed by atoms with Crippen LogP contribution in [-0.4, -0.2) is 11.9 Å². The van der Waals surface area contributed by atoms with Gasteiger partial charge in [0.25, 0.3) is 0 Å². The fraction of sp³-hybridized carbons (Fsp3) is 0.214. The fourth-order valence-electron chi connectivity index (χ4n) is 2.04. The Morgan fingerprint density at radius 3 is 2.71 bits per heavy atom. The lowest BCUT2D eigenvalue weighted by Crippen LogP contribution is -2.27. The third-order valence-corrected chi connectivity index (χ3v) is 2.97. The molecule has 2 atom stereocenters. The Kier molecular flexibility index (Phi) is 2.63. The lowest BCUT2D eigenvalue weighted by molar-refractivity contribution is -0.344. The van der Waals surface area contributed by atoms with E-state index < -0.39 is 0 Å². The Bertz CT molecular complexity index is 487. The van der Waals surface area contributed by atoms with Crippen molar-refractivity contribution in [3.63, 3.8) is 0 Å². The molecule has 1 aliphatic heterocycles. The van der Waals surface area contributed by atoms with Gasteiger partial charge >= 0.3 is 0 Å². The minimum atomic E-state index is -0.243. The summed E-state index contributed by atoms with van der Waals surface area (Å²) in [6.45, 7) is 0. The van der Waals surface area contributed by atoms with Crippen molar-refractivity contribution in [1.82, 2.24) is 0 Å². The number of rotatable bonds is 1. The van der Waals surface area contributed by atoms with E-state index in [4.69, 9.17) is 9.78 Å². The lowest BCUT2D eigenvalue weighted by Gasteiger charge is -2.28. The van der Waals surface area contributed by atoms with E-state index in [0.29, 0.717) is 6.42 Å². The van der Waals surface area contributed by atoms with E-state index in [-0.39, 0.29) is 18.0 Å². The Hall–Kier alpha value is -1.71. The largest absolute Gasteiger partial charge is 0.295 e. The summed E-state index contributed by atoms with van der Waals surface area (Å²) in [6.07, 6.45) is 5.34. The number of hydrogen-bond acceptors (Lipinski definition) is 3. The molecule has 2 unspecified atom stereocenters. The van der Waals surface area contributed by atoms with Gasteiger partial charge in [0.05, 0.1) is 0 Å². The van der Waals surface area contributed by atoms with Crippen LogP contribution in [0.25, 0.3) is 0 Å². The first kappa shape index (κ1) is 10.4. The first-order chi connectivity index (χ1) is 8.33. The predicted octanol–water partition coefficient (Wildman–Crippen LogP) is 2.51. The molecule has 0 radical (unpaired) electrons. The van der Waals surface area contributed by atoms with Crippen molar-refractivity contribution in [1.29, 1.82) is 0 Å². The molecule has 17 heavy (non-hydrogen) atoms. The van der Waals surface area contributed by atoms with Gasteiger partial charge in [0, 0.05) is 6.42 Å². The van der Waals surface area contributed by atoms with E-state index in [1.54, 1.807) is 6.08 Å². The molecule has 2 aliphatic rings. The Morgan fingerprint density at radius 1 is 1.06 bits per heavy atom. The summed E-state index contributed by atoms with van der Waals surface area (Å²) in [6, 6.07) is 9.86. The number of fused-ring (bicyclic) bond motifs is 1. The normalized spacial score (nSPS) is 27.5. The first-order valence-corrected chi connectivity index (χ1v) is 5.62. The number of hydrogen-bond donors (Lipinski definition) is 0. The zero-order chi connectivity index (χ0) is 11.7. The molecule has 3 nitrogen and oxygen atoms in total. The minimum Gasteiger partial charge on any atom is -0.295 e. The van der Waals surface area contributed by atoms with Gasteiger partial charge in [-0.1, -0.05) is 36.4 Å². The van der Waals surface area contributed by atoms with Crippen molar-refractivity contribution in [3.05, 3.63) is 59.7 Å². The summed E-state index contributed by atoms with van der Waals surface area (Å²) < 4.78 is 0. The minimum absolute atomic E-state index is 0.0777. The number of allylic oxidation sites excluding steroid dienone is 1. The van der Waals surface area contributed by atoms with Gasteiger partial charge in [-0.2, -0.15) is 0 Å². The highest BCUT2D eigenvalue weighted by molar-refractivity contribution is 5.92. The third kappa shape index (κ3) is 2.07. The van der Waals surface area contributed by atoms with Crippen LogP contribution in [0.2, 0.25) is 0 Å². The van der Waals surface area contributed by atoms with Gasteiger partial charge in [-0.05, 0) is 23.3 Å². The molecule has 86 valence electrons. The van der Waals surface area contributed by atoms with E-state index in [1.165, 1.54) is 0 Å². The molecule has 0 saturated heterocycles. The topological polar surface area (TPSA) is 35.5 Å². The van der Waals surface area contributed by atoms with E-state index in [9.17, 15) is 4.79 Å². The van der Waals surface area contributed by atoms with Crippen LogP contribution in [0.3, 0.4) is 0 Å². The number of carbonyl (C=O) groups excluding carboxylic acids is 1. The fourth-order valence-corrected chi connectivity index (χ4v) is 2.04. The van der Waals surface area contributed by atoms with Gasteiger partial charge < -0.3 is 0 Å². The Balaban J connectivity index is 1.90. The molecular weight excluding hydrogens is 216 g/mol. The van der Waals surface area contributed by atoms with Crippen molar-refractivity contribution >= 4 is 5.78 Å². The number of benzene rings is 1. The van der Waals surface area contributed by atoms with Crippen LogP contribution in [0.5, 0.6) is 0 Å². The van der Waals surface area contributed by atoms with Gasteiger partial charge in [-0.25, -0.2) is 9.78 Å². The molecule has 0 amide bonds. The summed E-state index contributed by atoms with van der Waals surface area (Å²) in [4.78, 5) is 21.8. The second-order valence-corrected chi connectivity index (χ2v) is 4.18. The van der Waals surface area contributed by atoms with Crippen molar-refractivity contribution in [2.45, 2.75) is 18.6 Å². The molecular formula is C14H12O3. The molecule has 3 rings (SSSR count). The SMILES string of the molecule is O=C1C=CC2=CC(c3ccccc3)OOC2C1. The molecule has 1 aromatic carbocycles. The van der Waals surface area contributed by atoms with E-state index in [2.05, 4.69) is 0 Å². The summed E-state index contributed by atoms with van der Waals surface area (Å²) >= 11 is 0. The Labute approximate surface area is 99.3 Å². The molecule has 0 aromatic heterocycles. The summed E-state index contributed by atoms with van der Waals surface area (Å²) in [5.74, 6) is 0.0777. The number of ketones is 1. The molecule has 1 aromatic rings. The molecule has 0 saturated carbocycles. The average molecular weight is 228 g/mol. The molecule has 0 N–H and O–H groups in total. The van der Waals surface area contributed by atoms with Crippen molar-refractivity contribution in [2.75, 3.05) is 0 Å². The molecule has 0 spiro atoms. The van der Waals surface area contributed by atoms with Crippen LogP contribution in [0.4, 0.5) is 0 Å². The highest BCUT2D eigenvalue weighted by Crippen LogP contribution is 2.31. The van der Waals surface area contributed by atoms with E-state index in [1.807, 2.05) is 42.5 Å². The summed E-state index contributed by atoms with van der Waals surface area (Å²) in [5.41, 5.74) is 2.06. The van der Waals surface area contributed by atoms with Gasteiger partial charge in [0.2, 0.25) is 0 Å². The van der Waals surface area contributed by atoms with E-state index in [0.717, 1.165) is 11.1 Å². The van der Waals surface area contributed by atoms with Gasteiger partial charge in [-0.3, -0.25) is 4.79 Å². The second-order valence-electron chi connectivity index (χ2n) is 4.18. The maximum absolute atomic E-state index is 11.2. The maximum Gasteiger partial charge on any atom is 0.158 e. The standard InChI is InChI=1S/C14H12O3/c15-12-7-6-11-8-13(16-17-14(11)9-12)10-4-2-1-3-5-10/h1-8,13-14H,9H2. The summed E-state index contributed by atoms with van der Waals surface area (Å²) in [5, 5.41) is 0. The van der Waals surface area contributed by atoms with Crippen LogP contribution in [-0.2, 0) is 14.6 Å². The highest BCUT2D eigenvalue weighted by atomic mass is 17.2. The predicted molar refractivity (Wildman–Crippen MR) is 62.0 cm³/mol. The maximum atomic E-state index is 11.2. The third-order valence-electron chi connectivity index (χ3n) is 2.97. The van der Waals surface area contributed by atoms with Crippen LogP contribution in [0.15, 0.2) is 54.1 Å². The molecule has 0 fully saturated rings. The lowest BCUT2D eigenvalue weighted by atomic mass is 9.94. The van der Waals surface area contributed by atoms with Crippen molar-refractivity contribution in [3.8, 4) is 0 Å². The van der Waals surface area contributed by atoms with Crippen LogP contribution in [0.1, 0.15) is 18.1 Å². The number of carbonyl (C=O) groups is 1. The van der Waals surface area contributed by atoms with Crippen molar-refractivity contribution in [2.24, 2.45) is 0 Å². The smallest absolute Gasteiger partial charge is 0.158 e. The van der Waals surface area contributed by atoms with Gasteiger partial charge in [-0.15, -0.1) is 0 Å².